The summed E-state index contributed by atoms with van der Waals surface area (Å²) >= 11 is 0. The predicted octanol–water partition coefficient (Wildman–Crippen LogP) is 3.89. The monoisotopic (exact) mass is 263 g/mol. The van der Waals surface area contributed by atoms with Crippen molar-refractivity contribution in [3.63, 3.8) is 0 Å². The third-order valence-electron chi connectivity index (χ3n) is 3.27. The second-order valence-electron chi connectivity index (χ2n) is 6.11. The van der Waals surface area contributed by atoms with E-state index >= 15 is 0 Å². The van der Waals surface area contributed by atoms with Gasteiger partial charge in [-0.05, 0) is 57.7 Å². The molecule has 0 radical (unpaired) electrons. The maximum atomic E-state index is 5.87. The van der Waals surface area contributed by atoms with Crippen molar-refractivity contribution in [3.8, 4) is 0 Å². The molecule has 0 aliphatic carbocycles. The van der Waals surface area contributed by atoms with E-state index in [0.717, 1.165) is 26.1 Å². The average molecular weight is 263 g/mol. The molecule has 1 aromatic carbocycles. The van der Waals surface area contributed by atoms with Crippen molar-refractivity contribution in [2.45, 2.75) is 52.6 Å². The number of aryl methyl sites for hydroxylation is 1. The van der Waals surface area contributed by atoms with Crippen LogP contribution in [0.25, 0.3) is 0 Å². The van der Waals surface area contributed by atoms with E-state index in [0.29, 0.717) is 5.92 Å². The van der Waals surface area contributed by atoms with Gasteiger partial charge in [-0.25, -0.2) is 0 Å². The molecular weight excluding hydrogens is 234 g/mol. The summed E-state index contributed by atoms with van der Waals surface area (Å²) < 4.78 is 5.87. The standard InChI is InChI=1S/C17H29NO/c1-6-18-13-15(11-12-19-17(3,4)5)16-10-8-7-9-14(16)2/h7-10,15,18H,6,11-13H2,1-5H3. The molecule has 108 valence electrons. The van der Waals surface area contributed by atoms with Gasteiger partial charge in [-0.1, -0.05) is 31.2 Å². The normalized spacial score (nSPS) is 13.5. The fourth-order valence-corrected chi connectivity index (χ4v) is 2.24. The van der Waals surface area contributed by atoms with E-state index in [1.165, 1.54) is 11.1 Å². The maximum Gasteiger partial charge on any atom is 0.0598 e. The summed E-state index contributed by atoms with van der Waals surface area (Å²) in [6.45, 7) is 13.5. The molecule has 0 bridgehead atoms. The molecule has 1 rings (SSSR count). The smallest absolute Gasteiger partial charge is 0.0598 e. The quantitative estimate of drug-likeness (QED) is 0.805. The molecule has 0 aliphatic heterocycles. The molecule has 0 fully saturated rings. The molecule has 1 N–H and O–H groups in total. The van der Waals surface area contributed by atoms with Gasteiger partial charge in [0, 0.05) is 13.2 Å². The zero-order chi connectivity index (χ0) is 14.3. The van der Waals surface area contributed by atoms with Crippen LogP contribution in [0.5, 0.6) is 0 Å². The first-order valence-corrected chi connectivity index (χ1v) is 7.34. The summed E-state index contributed by atoms with van der Waals surface area (Å²) in [7, 11) is 0. The van der Waals surface area contributed by atoms with Crippen LogP contribution in [0.1, 0.15) is 51.2 Å². The minimum Gasteiger partial charge on any atom is -0.376 e. The first kappa shape index (κ1) is 16.2. The number of likely N-dealkylation sites (N-methyl/N-ethyl adjacent to an activating group) is 1. The Bertz CT molecular complexity index is 368. The van der Waals surface area contributed by atoms with Gasteiger partial charge >= 0.3 is 0 Å². The topological polar surface area (TPSA) is 21.3 Å². The molecule has 0 saturated carbocycles. The fourth-order valence-electron chi connectivity index (χ4n) is 2.24. The summed E-state index contributed by atoms with van der Waals surface area (Å²) in [4.78, 5) is 0. The van der Waals surface area contributed by atoms with Crippen LogP contribution < -0.4 is 5.32 Å². The highest BCUT2D eigenvalue weighted by Gasteiger charge is 2.15. The number of nitrogens with one attached hydrogen (secondary N) is 1. The summed E-state index contributed by atoms with van der Waals surface area (Å²) in [5.41, 5.74) is 2.77. The van der Waals surface area contributed by atoms with Crippen molar-refractivity contribution in [3.05, 3.63) is 35.4 Å². The second-order valence-corrected chi connectivity index (χ2v) is 6.11. The van der Waals surface area contributed by atoms with Crippen molar-refractivity contribution in [2.24, 2.45) is 0 Å². The Morgan fingerprint density at radius 2 is 1.89 bits per heavy atom. The van der Waals surface area contributed by atoms with Gasteiger partial charge in [0.25, 0.3) is 0 Å². The molecule has 0 saturated heterocycles. The molecule has 0 spiro atoms. The molecule has 0 amide bonds. The Balaban J connectivity index is 2.64. The lowest BCUT2D eigenvalue weighted by Gasteiger charge is -2.24. The van der Waals surface area contributed by atoms with Crippen LogP contribution >= 0.6 is 0 Å². The molecule has 2 nitrogen and oxygen atoms in total. The van der Waals surface area contributed by atoms with Gasteiger partial charge in [-0.3, -0.25) is 0 Å². The Labute approximate surface area is 118 Å². The molecule has 0 aromatic heterocycles. The third kappa shape index (κ3) is 6.22. The van der Waals surface area contributed by atoms with Crippen LogP contribution in [0.3, 0.4) is 0 Å². The van der Waals surface area contributed by atoms with Crippen LogP contribution in [0.2, 0.25) is 0 Å². The summed E-state index contributed by atoms with van der Waals surface area (Å²) in [6.07, 6.45) is 1.06. The Kier molecular flexibility index (Phi) is 6.53. The SMILES string of the molecule is CCNCC(CCOC(C)(C)C)c1ccccc1C. The van der Waals surface area contributed by atoms with E-state index in [9.17, 15) is 0 Å². The highest BCUT2D eigenvalue weighted by atomic mass is 16.5. The number of benzene rings is 1. The van der Waals surface area contributed by atoms with Gasteiger partial charge in [0.05, 0.1) is 5.60 Å². The van der Waals surface area contributed by atoms with E-state index in [-0.39, 0.29) is 5.60 Å². The second kappa shape index (κ2) is 7.66. The van der Waals surface area contributed by atoms with Crippen molar-refractivity contribution < 1.29 is 4.74 Å². The van der Waals surface area contributed by atoms with Gasteiger partial charge in [-0.2, -0.15) is 0 Å². The highest BCUT2D eigenvalue weighted by Crippen LogP contribution is 2.23. The van der Waals surface area contributed by atoms with E-state index in [2.05, 4.69) is 64.2 Å². The van der Waals surface area contributed by atoms with Crippen molar-refractivity contribution in [1.82, 2.24) is 5.32 Å². The zero-order valence-corrected chi connectivity index (χ0v) is 13.1. The largest absolute Gasteiger partial charge is 0.376 e. The lowest BCUT2D eigenvalue weighted by molar-refractivity contribution is -0.00623. The number of ether oxygens (including phenoxy) is 1. The van der Waals surface area contributed by atoms with Crippen molar-refractivity contribution in [2.75, 3.05) is 19.7 Å². The molecular formula is C17H29NO. The maximum absolute atomic E-state index is 5.87. The van der Waals surface area contributed by atoms with Gasteiger partial charge in [0.2, 0.25) is 0 Å². The highest BCUT2D eigenvalue weighted by molar-refractivity contribution is 5.29. The summed E-state index contributed by atoms with van der Waals surface area (Å²) in [5, 5.41) is 3.47. The first-order valence-electron chi connectivity index (χ1n) is 7.34. The van der Waals surface area contributed by atoms with Gasteiger partial charge < -0.3 is 10.1 Å². The van der Waals surface area contributed by atoms with Gasteiger partial charge in [0.15, 0.2) is 0 Å². The van der Waals surface area contributed by atoms with Crippen molar-refractivity contribution in [1.29, 1.82) is 0 Å². The molecule has 1 aromatic rings. The predicted molar refractivity (Wildman–Crippen MR) is 82.8 cm³/mol. The Morgan fingerprint density at radius 1 is 1.21 bits per heavy atom. The average Bonchev–Trinajstić information content (AvgIpc) is 2.33. The molecule has 1 atom stereocenters. The van der Waals surface area contributed by atoms with Crippen LogP contribution in [0.4, 0.5) is 0 Å². The molecule has 2 heteroatoms. The molecule has 1 unspecified atom stereocenters. The molecule has 0 aliphatic rings. The number of hydrogen-bond donors (Lipinski definition) is 1. The van der Waals surface area contributed by atoms with Crippen LogP contribution in [0.15, 0.2) is 24.3 Å². The van der Waals surface area contributed by atoms with Gasteiger partial charge in [0.1, 0.15) is 0 Å². The molecule has 0 heterocycles. The van der Waals surface area contributed by atoms with Crippen LogP contribution in [-0.4, -0.2) is 25.3 Å². The summed E-state index contributed by atoms with van der Waals surface area (Å²) in [5.74, 6) is 0.531. The van der Waals surface area contributed by atoms with Gasteiger partial charge in [-0.15, -0.1) is 0 Å². The minimum atomic E-state index is -0.0472. The van der Waals surface area contributed by atoms with E-state index in [4.69, 9.17) is 4.74 Å². The Morgan fingerprint density at radius 3 is 2.47 bits per heavy atom. The van der Waals surface area contributed by atoms with E-state index < -0.39 is 0 Å². The minimum absolute atomic E-state index is 0.0472. The zero-order valence-electron chi connectivity index (χ0n) is 13.1. The third-order valence-corrected chi connectivity index (χ3v) is 3.27. The lowest BCUT2D eigenvalue weighted by Crippen LogP contribution is -2.25. The number of rotatable bonds is 7. The fraction of sp³-hybridized carbons (Fsp3) is 0.647. The summed E-state index contributed by atoms with van der Waals surface area (Å²) in [6, 6.07) is 8.67. The van der Waals surface area contributed by atoms with Crippen LogP contribution in [0, 0.1) is 6.92 Å². The first-order chi connectivity index (χ1) is 8.94. The van der Waals surface area contributed by atoms with Crippen molar-refractivity contribution >= 4 is 0 Å². The van der Waals surface area contributed by atoms with Crippen LogP contribution in [-0.2, 0) is 4.74 Å². The number of hydrogen-bond acceptors (Lipinski definition) is 2. The van der Waals surface area contributed by atoms with E-state index in [1.54, 1.807) is 0 Å². The van der Waals surface area contributed by atoms with E-state index in [1.807, 2.05) is 0 Å². The Hall–Kier alpha value is -0.860. The lowest BCUT2D eigenvalue weighted by atomic mass is 9.92. The molecule has 19 heavy (non-hydrogen) atoms.